The Morgan fingerprint density at radius 2 is 1.58 bits per heavy atom. The maximum absolute atomic E-state index is 12.8. The lowest BCUT2D eigenvalue weighted by atomic mass is 9.97. The van der Waals surface area contributed by atoms with Crippen LogP contribution in [0.4, 0.5) is 0 Å². The van der Waals surface area contributed by atoms with E-state index in [0.29, 0.717) is 5.56 Å². The van der Waals surface area contributed by atoms with Gasteiger partial charge in [-0.25, -0.2) is 0 Å². The zero-order valence-electron chi connectivity index (χ0n) is 15.3. The monoisotopic (exact) mass is 416 g/mol. The lowest BCUT2D eigenvalue weighted by Gasteiger charge is -2.25. The Morgan fingerprint density at radius 3 is 2.15 bits per heavy atom. The third-order valence-electron chi connectivity index (χ3n) is 4.55. The maximum atomic E-state index is 12.8. The summed E-state index contributed by atoms with van der Waals surface area (Å²) >= 11 is 3.41. The lowest BCUT2D eigenvalue weighted by molar-refractivity contribution is -0.124. The van der Waals surface area contributed by atoms with E-state index in [2.05, 4.69) is 26.6 Å². The van der Waals surface area contributed by atoms with Crippen LogP contribution < -0.4 is 10.6 Å². The summed E-state index contributed by atoms with van der Waals surface area (Å²) < 4.78 is 0.993. The summed E-state index contributed by atoms with van der Waals surface area (Å²) in [5, 5.41) is 5.91. The van der Waals surface area contributed by atoms with Crippen molar-refractivity contribution in [3.05, 3.63) is 70.2 Å². The molecule has 26 heavy (non-hydrogen) atoms. The molecule has 0 bridgehead atoms. The van der Waals surface area contributed by atoms with E-state index in [0.717, 1.165) is 16.5 Å². The van der Waals surface area contributed by atoms with Crippen LogP contribution in [-0.4, -0.2) is 17.9 Å². The minimum absolute atomic E-state index is 0.0276. The van der Waals surface area contributed by atoms with Crippen molar-refractivity contribution in [2.45, 2.75) is 39.3 Å². The van der Waals surface area contributed by atoms with Crippen LogP contribution in [0.3, 0.4) is 0 Å². The molecule has 0 heterocycles. The van der Waals surface area contributed by atoms with Crippen LogP contribution in [-0.2, 0) is 4.79 Å². The van der Waals surface area contributed by atoms with Crippen LogP contribution in [0.2, 0.25) is 0 Å². The molecule has 2 N–H and O–H groups in total. The normalized spacial score (nSPS) is 14.2. The highest BCUT2D eigenvalue weighted by Gasteiger charge is 2.27. The third-order valence-corrected chi connectivity index (χ3v) is 5.08. The van der Waals surface area contributed by atoms with E-state index in [1.807, 2.05) is 63.2 Å². The number of hydrogen-bond donors (Lipinski definition) is 2. The van der Waals surface area contributed by atoms with Gasteiger partial charge in [-0.2, -0.15) is 0 Å². The number of nitrogens with one attached hydrogen (secondary N) is 2. The minimum atomic E-state index is -0.578. The van der Waals surface area contributed by atoms with Crippen LogP contribution in [0.15, 0.2) is 59.1 Å². The van der Waals surface area contributed by atoms with E-state index in [9.17, 15) is 9.59 Å². The van der Waals surface area contributed by atoms with Crippen molar-refractivity contribution in [3.63, 3.8) is 0 Å². The Morgan fingerprint density at radius 1 is 0.962 bits per heavy atom. The molecule has 4 nitrogen and oxygen atoms in total. The molecular formula is C21H25BrN2O2. The number of hydrogen-bond acceptors (Lipinski definition) is 2. The number of carbonyl (C=O) groups is 2. The Hall–Kier alpha value is -2.14. The predicted octanol–water partition coefficient (Wildman–Crippen LogP) is 4.47. The van der Waals surface area contributed by atoms with Crippen molar-refractivity contribution < 1.29 is 9.59 Å². The molecule has 5 heteroatoms. The van der Waals surface area contributed by atoms with E-state index in [4.69, 9.17) is 0 Å². The molecule has 0 aliphatic rings. The summed E-state index contributed by atoms with van der Waals surface area (Å²) in [4.78, 5) is 25.3. The Balaban J connectivity index is 2.09. The molecule has 0 unspecified atom stereocenters. The molecule has 0 saturated carbocycles. The number of benzene rings is 2. The van der Waals surface area contributed by atoms with Gasteiger partial charge in [0.1, 0.15) is 6.04 Å². The molecule has 0 saturated heterocycles. The highest BCUT2D eigenvalue weighted by molar-refractivity contribution is 9.10. The van der Waals surface area contributed by atoms with Gasteiger partial charge in [0, 0.05) is 10.0 Å². The van der Waals surface area contributed by atoms with E-state index >= 15 is 0 Å². The van der Waals surface area contributed by atoms with Gasteiger partial charge in [0.2, 0.25) is 5.91 Å². The molecule has 2 amide bonds. The second-order valence-electron chi connectivity index (χ2n) is 6.48. The molecule has 0 spiro atoms. The average Bonchev–Trinajstić information content (AvgIpc) is 2.66. The molecular weight excluding hydrogens is 392 g/mol. The first-order valence-corrected chi connectivity index (χ1v) is 9.63. The van der Waals surface area contributed by atoms with E-state index in [-0.39, 0.29) is 23.8 Å². The highest BCUT2D eigenvalue weighted by atomic mass is 79.9. The molecule has 3 atom stereocenters. The molecule has 2 aromatic rings. The largest absolute Gasteiger partial charge is 0.348 e. The van der Waals surface area contributed by atoms with Crippen LogP contribution in [0.5, 0.6) is 0 Å². The molecule has 2 rings (SSSR count). The highest BCUT2D eigenvalue weighted by Crippen LogP contribution is 2.18. The van der Waals surface area contributed by atoms with Crippen molar-refractivity contribution in [2.75, 3.05) is 0 Å². The SMILES string of the molecule is CC[C@H](C)[C@H](NC(=O)c1ccccc1)C(=O)N[C@@H](C)c1ccc(Br)cc1. The standard InChI is InChI=1S/C21H25BrN2O2/c1-4-14(2)19(24-20(25)17-8-6-5-7-9-17)21(26)23-15(3)16-10-12-18(22)13-11-16/h5-15,19H,4H2,1-3H3,(H,23,26)(H,24,25)/t14-,15-,19-/m0/s1. The second-order valence-corrected chi connectivity index (χ2v) is 7.40. The molecule has 0 aliphatic carbocycles. The smallest absolute Gasteiger partial charge is 0.251 e. The summed E-state index contributed by atoms with van der Waals surface area (Å²) in [5.74, 6) is -0.374. The third kappa shape index (κ3) is 5.43. The van der Waals surface area contributed by atoms with Crippen molar-refractivity contribution in [2.24, 2.45) is 5.92 Å². The summed E-state index contributed by atoms with van der Waals surface area (Å²) in [5.41, 5.74) is 1.56. The van der Waals surface area contributed by atoms with E-state index in [1.54, 1.807) is 12.1 Å². The molecule has 0 fully saturated rings. The first-order chi connectivity index (χ1) is 12.4. The van der Waals surface area contributed by atoms with E-state index in [1.165, 1.54) is 0 Å². The van der Waals surface area contributed by atoms with Gasteiger partial charge in [-0.3, -0.25) is 9.59 Å². The van der Waals surface area contributed by atoms with Crippen LogP contribution in [0.25, 0.3) is 0 Å². The summed E-state index contributed by atoms with van der Waals surface area (Å²) in [6, 6.07) is 16.1. The first-order valence-electron chi connectivity index (χ1n) is 8.84. The second kappa shape index (κ2) is 9.53. The number of amides is 2. The predicted molar refractivity (Wildman–Crippen MR) is 108 cm³/mol. The van der Waals surface area contributed by atoms with Gasteiger partial charge >= 0.3 is 0 Å². The molecule has 0 aromatic heterocycles. The van der Waals surface area contributed by atoms with Gasteiger partial charge in [0.05, 0.1) is 6.04 Å². The maximum Gasteiger partial charge on any atom is 0.251 e. The topological polar surface area (TPSA) is 58.2 Å². The van der Waals surface area contributed by atoms with Gasteiger partial charge < -0.3 is 10.6 Å². The van der Waals surface area contributed by atoms with Crippen LogP contribution >= 0.6 is 15.9 Å². The van der Waals surface area contributed by atoms with Gasteiger partial charge in [-0.1, -0.05) is 66.5 Å². The fourth-order valence-corrected chi connectivity index (χ4v) is 2.92. The number of carbonyl (C=O) groups excluding carboxylic acids is 2. The average molecular weight is 417 g/mol. The van der Waals surface area contributed by atoms with Gasteiger partial charge in [0.25, 0.3) is 5.91 Å². The zero-order valence-corrected chi connectivity index (χ0v) is 16.9. The van der Waals surface area contributed by atoms with Gasteiger partial charge in [0.15, 0.2) is 0 Å². The fourth-order valence-electron chi connectivity index (χ4n) is 2.65. The Labute approximate surface area is 163 Å². The molecule has 138 valence electrons. The van der Waals surface area contributed by atoms with Gasteiger partial charge in [-0.05, 0) is 42.7 Å². The van der Waals surface area contributed by atoms with Gasteiger partial charge in [-0.15, -0.1) is 0 Å². The molecule has 0 radical (unpaired) electrons. The lowest BCUT2D eigenvalue weighted by Crippen LogP contribution is -2.50. The zero-order chi connectivity index (χ0) is 19.1. The van der Waals surface area contributed by atoms with Crippen molar-refractivity contribution >= 4 is 27.7 Å². The fraction of sp³-hybridized carbons (Fsp3) is 0.333. The number of rotatable bonds is 7. The summed E-state index contributed by atoms with van der Waals surface area (Å²) in [6.45, 7) is 5.92. The Bertz CT molecular complexity index is 731. The van der Waals surface area contributed by atoms with E-state index < -0.39 is 6.04 Å². The van der Waals surface area contributed by atoms with Crippen LogP contribution in [0.1, 0.15) is 49.2 Å². The van der Waals surface area contributed by atoms with Crippen molar-refractivity contribution in [1.29, 1.82) is 0 Å². The first kappa shape index (κ1) is 20.2. The van der Waals surface area contributed by atoms with Crippen molar-refractivity contribution in [1.82, 2.24) is 10.6 Å². The quantitative estimate of drug-likeness (QED) is 0.699. The number of halogens is 1. The van der Waals surface area contributed by atoms with Crippen LogP contribution in [0, 0.1) is 5.92 Å². The Kier molecular flexibility index (Phi) is 7.39. The summed E-state index contributed by atoms with van der Waals surface area (Å²) in [7, 11) is 0. The summed E-state index contributed by atoms with van der Waals surface area (Å²) in [6.07, 6.45) is 0.791. The minimum Gasteiger partial charge on any atom is -0.348 e. The molecule has 0 aliphatic heterocycles. The molecule has 2 aromatic carbocycles. The van der Waals surface area contributed by atoms with Crippen molar-refractivity contribution in [3.8, 4) is 0 Å².